The molecule has 129 valence electrons. The third-order valence-electron chi connectivity index (χ3n) is 3.24. The molecule has 0 saturated carbocycles. The summed E-state index contributed by atoms with van der Waals surface area (Å²) in [6, 6.07) is 3.00. The molecule has 1 radical (unpaired) electrons. The maximum absolute atomic E-state index is 12.1. The second-order valence-corrected chi connectivity index (χ2v) is 5.21. The summed E-state index contributed by atoms with van der Waals surface area (Å²) in [6.07, 6.45) is 0.444. The van der Waals surface area contributed by atoms with E-state index in [9.17, 15) is 4.79 Å². The molecule has 0 aliphatic carbocycles. The van der Waals surface area contributed by atoms with Gasteiger partial charge in [0, 0.05) is 25.7 Å². The molecule has 0 N–H and O–H groups in total. The van der Waals surface area contributed by atoms with Crippen LogP contribution >= 0.6 is 0 Å². The molecule has 0 aliphatic heterocycles. The van der Waals surface area contributed by atoms with Crippen LogP contribution in [0.2, 0.25) is 0 Å². The third-order valence-corrected chi connectivity index (χ3v) is 3.24. The molecule has 0 aromatic heterocycles. The Kier molecular flexibility index (Phi) is 7.12. The highest BCUT2D eigenvalue weighted by Gasteiger charge is 2.21. The predicted octanol–water partition coefficient (Wildman–Crippen LogP) is 2.78. The van der Waals surface area contributed by atoms with Crippen LogP contribution in [0.1, 0.15) is 30.6 Å². The third kappa shape index (κ3) is 5.30. The lowest BCUT2D eigenvalue weighted by Gasteiger charge is -2.21. The number of rotatable bonds is 9. The van der Waals surface area contributed by atoms with E-state index in [4.69, 9.17) is 28.7 Å². The number of ether oxygens (including phenoxy) is 4. The van der Waals surface area contributed by atoms with Crippen LogP contribution in [0.5, 0.6) is 17.2 Å². The number of carbonyl (C=O) groups is 1. The molecule has 0 aliphatic rings. The SMILES string of the molecule is COc1cc(OC)c(C(=O)OO[CH]CC(C)(C)OC)cc1OC. The Bertz CT molecular complexity index is 525. The average molecular weight is 327 g/mol. The molecule has 0 atom stereocenters. The van der Waals surface area contributed by atoms with Gasteiger partial charge in [-0.25, -0.2) is 4.79 Å². The highest BCUT2D eigenvalue weighted by Crippen LogP contribution is 2.35. The van der Waals surface area contributed by atoms with Crippen LogP contribution in [0.25, 0.3) is 0 Å². The zero-order chi connectivity index (χ0) is 17.5. The molecule has 0 saturated heterocycles. The minimum absolute atomic E-state index is 0.157. The summed E-state index contributed by atoms with van der Waals surface area (Å²) in [4.78, 5) is 21.7. The number of carbonyl (C=O) groups excluding carboxylic acids is 1. The standard InChI is InChI=1S/C16H23O7/c1-16(2,21-6)7-8-22-23-15(17)11-9-13(19-4)14(20-5)10-12(11)18-3/h8-10H,7H2,1-6H3. The van der Waals surface area contributed by atoms with E-state index in [0.29, 0.717) is 17.9 Å². The Morgan fingerprint density at radius 1 is 1.00 bits per heavy atom. The predicted molar refractivity (Wildman–Crippen MR) is 82.6 cm³/mol. The van der Waals surface area contributed by atoms with Crippen molar-refractivity contribution in [1.82, 2.24) is 0 Å². The van der Waals surface area contributed by atoms with Gasteiger partial charge in [0.25, 0.3) is 0 Å². The fourth-order valence-corrected chi connectivity index (χ4v) is 1.63. The quantitative estimate of drug-likeness (QED) is 0.392. The second kappa shape index (κ2) is 8.59. The number of benzene rings is 1. The first kappa shape index (κ1) is 19.1. The highest BCUT2D eigenvalue weighted by molar-refractivity contribution is 5.93. The molecule has 7 heteroatoms. The minimum atomic E-state index is -0.714. The van der Waals surface area contributed by atoms with Crippen molar-refractivity contribution in [1.29, 1.82) is 0 Å². The van der Waals surface area contributed by atoms with Crippen molar-refractivity contribution in [2.75, 3.05) is 28.4 Å². The van der Waals surface area contributed by atoms with Crippen molar-refractivity contribution in [3.05, 3.63) is 24.3 Å². The molecule has 0 spiro atoms. The van der Waals surface area contributed by atoms with Crippen LogP contribution in [0.3, 0.4) is 0 Å². The smallest absolute Gasteiger partial charge is 0.376 e. The van der Waals surface area contributed by atoms with E-state index in [1.165, 1.54) is 40.1 Å². The first-order valence-corrected chi connectivity index (χ1v) is 6.93. The van der Waals surface area contributed by atoms with E-state index in [0.717, 1.165) is 0 Å². The summed E-state index contributed by atoms with van der Waals surface area (Å²) in [6.45, 7) is 5.12. The largest absolute Gasteiger partial charge is 0.496 e. The maximum atomic E-state index is 12.1. The summed E-state index contributed by atoms with van der Waals surface area (Å²) in [5.74, 6) is 0.391. The molecule has 7 nitrogen and oxygen atoms in total. The molecule has 0 bridgehead atoms. The van der Waals surface area contributed by atoms with Gasteiger partial charge in [-0.2, -0.15) is 4.89 Å². The minimum Gasteiger partial charge on any atom is -0.496 e. The molecular weight excluding hydrogens is 304 g/mol. The van der Waals surface area contributed by atoms with Crippen molar-refractivity contribution < 1.29 is 33.5 Å². The van der Waals surface area contributed by atoms with Crippen molar-refractivity contribution in [2.45, 2.75) is 25.9 Å². The van der Waals surface area contributed by atoms with Gasteiger partial charge in [0.05, 0.1) is 26.9 Å². The van der Waals surface area contributed by atoms with Crippen LogP contribution in [0, 0.1) is 6.61 Å². The summed E-state index contributed by atoms with van der Waals surface area (Å²) in [5, 5.41) is 0. The summed E-state index contributed by atoms with van der Waals surface area (Å²) >= 11 is 0. The topological polar surface area (TPSA) is 72.5 Å². The zero-order valence-electron chi connectivity index (χ0n) is 14.3. The first-order valence-electron chi connectivity index (χ1n) is 6.93. The Morgan fingerprint density at radius 2 is 1.57 bits per heavy atom. The van der Waals surface area contributed by atoms with Crippen LogP contribution in [-0.4, -0.2) is 40.0 Å². The lowest BCUT2D eigenvalue weighted by molar-refractivity contribution is -0.218. The highest BCUT2D eigenvalue weighted by atomic mass is 17.2. The van der Waals surface area contributed by atoms with Crippen molar-refractivity contribution >= 4 is 5.97 Å². The lowest BCUT2D eigenvalue weighted by atomic mass is 10.1. The number of methoxy groups -OCH3 is 4. The second-order valence-electron chi connectivity index (χ2n) is 5.21. The Hall–Kier alpha value is -1.99. The molecule has 1 aromatic rings. The van der Waals surface area contributed by atoms with Gasteiger partial charge in [0.2, 0.25) is 0 Å². The van der Waals surface area contributed by atoms with Crippen LogP contribution in [0.4, 0.5) is 0 Å². The van der Waals surface area contributed by atoms with Crippen molar-refractivity contribution in [3.8, 4) is 17.2 Å². The van der Waals surface area contributed by atoms with Gasteiger partial charge in [0.1, 0.15) is 17.9 Å². The van der Waals surface area contributed by atoms with Crippen LogP contribution in [0.15, 0.2) is 12.1 Å². The van der Waals surface area contributed by atoms with Crippen LogP contribution < -0.4 is 14.2 Å². The molecular formula is C16H23O7. The van der Waals surface area contributed by atoms with E-state index in [1.807, 2.05) is 13.8 Å². The molecule has 0 unspecified atom stereocenters. The number of hydrogen-bond donors (Lipinski definition) is 0. The Morgan fingerprint density at radius 3 is 2.09 bits per heavy atom. The summed E-state index contributed by atoms with van der Waals surface area (Å²) < 4.78 is 20.7. The van der Waals surface area contributed by atoms with E-state index >= 15 is 0 Å². The van der Waals surface area contributed by atoms with Crippen molar-refractivity contribution in [3.63, 3.8) is 0 Å². The van der Waals surface area contributed by atoms with Gasteiger partial charge in [0.15, 0.2) is 11.5 Å². The number of hydrogen-bond acceptors (Lipinski definition) is 7. The normalized spacial score (nSPS) is 11.0. The summed E-state index contributed by atoms with van der Waals surface area (Å²) in [5.41, 5.74) is -0.252. The first-order chi connectivity index (χ1) is 10.9. The molecule has 0 fully saturated rings. The lowest BCUT2D eigenvalue weighted by Crippen LogP contribution is -2.23. The Labute approximate surface area is 136 Å². The molecule has 1 rings (SSSR count). The van der Waals surface area contributed by atoms with E-state index in [-0.39, 0.29) is 11.3 Å². The van der Waals surface area contributed by atoms with Gasteiger partial charge in [-0.1, -0.05) is 0 Å². The maximum Gasteiger partial charge on any atom is 0.376 e. The molecule has 1 aromatic carbocycles. The van der Waals surface area contributed by atoms with E-state index < -0.39 is 11.6 Å². The summed E-state index contributed by atoms with van der Waals surface area (Å²) in [7, 11) is 5.99. The molecule has 23 heavy (non-hydrogen) atoms. The fourth-order valence-electron chi connectivity index (χ4n) is 1.63. The Balaban J connectivity index is 2.75. The fraction of sp³-hybridized carbons (Fsp3) is 0.500. The monoisotopic (exact) mass is 327 g/mol. The van der Waals surface area contributed by atoms with Gasteiger partial charge in [-0.3, -0.25) is 4.89 Å². The average Bonchev–Trinajstić information content (AvgIpc) is 2.57. The van der Waals surface area contributed by atoms with Gasteiger partial charge in [-0.05, 0) is 13.8 Å². The van der Waals surface area contributed by atoms with Gasteiger partial charge < -0.3 is 18.9 Å². The van der Waals surface area contributed by atoms with Crippen LogP contribution in [-0.2, 0) is 14.5 Å². The molecule has 0 heterocycles. The van der Waals surface area contributed by atoms with Gasteiger partial charge in [-0.15, -0.1) is 0 Å². The van der Waals surface area contributed by atoms with Crippen molar-refractivity contribution in [2.24, 2.45) is 0 Å². The van der Waals surface area contributed by atoms with E-state index in [2.05, 4.69) is 0 Å². The zero-order valence-corrected chi connectivity index (χ0v) is 14.3. The van der Waals surface area contributed by atoms with Gasteiger partial charge >= 0.3 is 5.97 Å². The van der Waals surface area contributed by atoms with E-state index in [1.54, 1.807) is 7.11 Å². The molecule has 0 amide bonds.